The Labute approximate surface area is 99.6 Å². The van der Waals surface area contributed by atoms with Crippen molar-refractivity contribution >= 4 is 18.4 Å². The molecule has 0 aliphatic rings. The van der Waals surface area contributed by atoms with Crippen LogP contribution in [0.5, 0.6) is 5.75 Å². The number of ether oxygens (including phenoxy) is 1. The lowest BCUT2D eigenvalue weighted by Crippen LogP contribution is -2.02. The first-order valence-corrected chi connectivity index (χ1v) is 4.80. The van der Waals surface area contributed by atoms with Crippen LogP contribution in [0.2, 0.25) is 0 Å². The van der Waals surface area contributed by atoms with Crippen LogP contribution in [-0.2, 0) is 0 Å². The maximum absolute atomic E-state index is 13.0. The Bertz CT molecular complexity index is 355. The van der Waals surface area contributed by atoms with E-state index in [9.17, 15) is 9.18 Å². The molecule has 0 heterocycles. The van der Waals surface area contributed by atoms with Crippen LogP contribution in [0.1, 0.15) is 30.1 Å². The Kier molecular flexibility index (Phi) is 6.49. The van der Waals surface area contributed by atoms with E-state index in [2.05, 4.69) is 0 Å². The van der Waals surface area contributed by atoms with Gasteiger partial charge in [0.05, 0.1) is 12.2 Å². The molecular formula is C11H14ClFO3. The van der Waals surface area contributed by atoms with Crippen LogP contribution in [0.3, 0.4) is 0 Å². The maximum Gasteiger partial charge on any atom is 0.338 e. The number of halogens is 2. The minimum atomic E-state index is -1.28. The number of benzene rings is 1. The Morgan fingerprint density at radius 2 is 2.19 bits per heavy atom. The molecular weight excluding hydrogens is 235 g/mol. The van der Waals surface area contributed by atoms with Crippen molar-refractivity contribution in [2.24, 2.45) is 0 Å². The third-order valence-corrected chi connectivity index (χ3v) is 1.93. The van der Waals surface area contributed by atoms with E-state index in [-0.39, 0.29) is 18.0 Å². The van der Waals surface area contributed by atoms with Crippen molar-refractivity contribution in [2.45, 2.75) is 19.8 Å². The van der Waals surface area contributed by atoms with E-state index in [4.69, 9.17) is 9.84 Å². The van der Waals surface area contributed by atoms with E-state index < -0.39 is 11.8 Å². The summed E-state index contributed by atoms with van der Waals surface area (Å²) in [5, 5.41) is 8.67. The third kappa shape index (κ3) is 4.06. The van der Waals surface area contributed by atoms with Gasteiger partial charge in [-0.2, -0.15) is 0 Å². The maximum atomic E-state index is 13.0. The molecule has 0 aliphatic carbocycles. The van der Waals surface area contributed by atoms with Crippen molar-refractivity contribution in [1.82, 2.24) is 0 Å². The number of hydrogen-bond donors (Lipinski definition) is 1. The third-order valence-electron chi connectivity index (χ3n) is 1.93. The first kappa shape index (κ1) is 14.7. The Balaban J connectivity index is 0.00000225. The molecule has 0 spiro atoms. The highest BCUT2D eigenvalue weighted by molar-refractivity contribution is 5.88. The van der Waals surface area contributed by atoms with Crippen LogP contribution in [0.25, 0.3) is 0 Å². The molecule has 1 rings (SSSR count). The van der Waals surface area contributed by atoms with Gasteiger partial charge in [-0.3, -0.25) is 0 Å². The highest BCUT2D eigenvalue weighted by Gasteiger charge is 2.10. The van der Waals surface area contributed by atoms with Gasteiger partial charge in [0.2, 0.25) is 0 Å². The van der Waals surface area contributed by atoms with Gasteiger partial charge in [-0.25, -0.2) is 9.18 Å². The Hall–Kier alpha value is -1.29. The van der Waals surface area contributed by atoms with Crippen molar-refractivity contribution in [3.05, 3.63) is 29.6 Å². The van der Waals surface area contributed by atoms with Gasteiger partial charge in [-0.1, -0.05) is 13.3 Å². The van der Waals surface area contributed by atoms with Gasteiger partial charge >= 0.3 is 5.97 Å². The lowest BCUT2D eigenvalue weighted by atomic mass is 10.2. The fourth-order valence-electron chi connectivity index (χ4n) is 1.09. The lowest BCUT2D eigenvalue weighted by Gasteiger charge is -2.06. The summed E-state index contributed by atoms with van der Waals surface area (Å²) in [4.78, 5) is 10.6. The SMILES string of the molecule is CCCCOc1ccc(F)c(C(=O)O)c1.Cl. The normalized spacial score (nSPS) is 9.38. The quantitative estimate of drug-likeness (QED) is 0.815. The van der Waals surface area contributed by atoms with Gasteiger partial charge in [-0.15, -0.1) is 12.4 Å². The number of carboxylic acids is 1. The molecule has 16 heavy (non-hydrogen) atoms. The molecule has 0 unspecified atom stereocenters. The van der Waals surface area contributed by atoms with Crippen molar-refractivity contribution in [2.75, 3.05) is 6.61 Å². The number of carboxylic acid groups (broad SMARTS) is 1. The standard InChI is InChI=1S/C11H13FO3.ClH/c1-2-3-6-15-8-4-5-10(12)9(7-8)11(13)14;/h4-5,7H,2-3,6H2,1H3,(H,13,14);1H. The second kappa shape index (κ2) is 7.06. The smallest absolute Gasteiger partial charge is 0.338 e. The van der Waals surface area contributed by atoms with Crippen molar-refractivity contribution in [1.29, 1.82) is 0 Å². The average molecular weight is 249 g/mol. The zero-order chi connectivity index (χ0) is 11.3. The molecule has 0 saturated carbocycles. The van der Waals surface area contributed by atoms with Crippen LogP contribution in [0.15, 0.2) is 18.2 Å². The van der Waals surface area contributed by atoms with Gasteiger partial charge in [0.1, 0.15) is 11.6 Å². The summed E-state index contributed by atoms with van der Waals surface area (Å²) < 4.78 is 18.2. The number of rotatable bonds is 5. The molecule has 3 nitrogen and oxygen atoms in total. The molecule has 5 heteroatoms. The minimum absolute atomic E-state index is 0. The molecule has 1 aromatic carbocycles. The molecule has 0 aromatic heterocycles. The fourth-order valence-corrected chi connectivity index (χ4v) is 1.09. The predicted octanol–water partition coefficient (Wildman–Crippen LogP) is 3.12. The van der Waals surface area contributed by atoms with E-state index in [0.717, 1.165) is 18.9 Å². The highest BCUT2D eigenvalue weighted by Crippen LogP contribution is 2.17. The molecule has 0 aliphatic heterocycles. The summed E-state index contributed by atoms with van der Waals surface area (Å²) in [5.41, 5.74) is -0.357. The molecule has 0 amide bonds. The van der Waals surface area contributed by atoms with E-state index in [1.807, 2.05) is 6.92 Å². The van der Waals surface area contributed by atoms with Crippen LogP contribution in [0, 0.1) is 5.82 Å². The van der Waals surface area contributed by atoms with E-state index >= 15 is 0 Å². The summed E-state index contributed by atoms with van der Waals surface area (Å²) >= 11 is 0. The van der Waals surface area contributed by atoms with Crippen molar-refractivity contribution < 1.29 is 19.0 Å². The molecule has 0 bridgehead atoms. The molecule has 0 atom stereocenters. The monoisotopic (exact) mass is 248 g/mol. The predicted molar refractivity (Wildman–Crippen MR) is 61.0 cm³/mol. The van der Waals surface area contributed by atoms with Crippen LogP contribution < -0.4 is 4.74 Å². The fraction of sp³-hybridized carbons (Fsp3) is 0.364. The first-order valence-electron chi connectivity index (χ1n) is 4.80. The molecule has 0 fully saturated rings. The number of hydrogen-bond acceptors (Lipinski definition) is 2. The van der Waals surface area contributed by atoms with Crippen LogP contribution in [0.4, 0.5) is 4.39 Å². The van der Waals surface area contributed by atoms with Crippen molar-refractivity contribution in [3.8, 4) is 5.75 Å². The van der Waals surface area contributed by atoms with E-state index in [0.29, 0.717) is 12.4 Å². The summed E-state index contributed by atoms with van der Waals surface area (Å²) in [5.74, 6) is -1.64. The average Bonchev–Trinajstić information content (AvgIpc) is 2.20. The van der Waals surface area contributed by atoms with Gasteiger partial charge in [0.25, 0.3) is 0 Å². The van der Waals surface area contributed by atoms with Gasteiger partial charge in [-0.05, 0) is 24.6 Å². The minimum Gasteiger partial charge on any atom is -0.494 e. The lowest BCUT2D eigenvalue weighted by molar-refractivity contribution is 0.0691. The van der Waals surface area contributed by atoms with E-state index in [1.54, 1.807) is 0 Å². The van der Waals surface area contributed by atoms with Crippen LogP contribution in [-0.4, -0.2) is 17.7 Å². The van der Waals surface area contributed by atoms with Gasteiger partial charge in [0, 0.05) is 0 Å². The van der Waals surface area contributed by atoms with Gasteiger partial charge < -0.3 is 9.84 Å². The Morgan fingerprint density at radius 1 is 1.50 bits per heavy atom. The first-order chi connectivity index (χ1) is 7.15. The highest BCUT2D eigenvalue weighted by atomic mass is 35.5. The molecule has 0 radical (unpaired) electrons. The van der Waals surface area contributed by atoms with Gasteiger partial charge in [0.15, 0.2) is 0 Å². The Morgan fingerprint density at radius 3 is 2.75 bits per heavy atom. The largest absolute Gasteiger partial charge is 0.494 e. The zero-order valence-electron chi connectivity index (χ0n) is 8.90. The summed E-state index contributed by atoms with van der Waals surface area (Å²) in [7, 11) is 0. The number of aromatic carboxylic acids is 1. The summed E-state index contributed by atoms with van der Waals surface area (Å²) in [6.07, 6.45) is 1.88. The molecule has 90 valence electrons. The molecule has 0 saturated heterocycles. The number of unbranched alkanes of at least 4 members (excludes halogenated alkanes) is 1. The summed E-state index contributed by atoms with van der Waals surface area (Å²) in [6, 6.07) is 3.73. The summed E-state index contributed by atoms with van der Waals surface area (Å²) in [6.45, 7) is 2.54. The zero-order valence-corrected chi connectivity index (χ0v) is 9.72. The van der Waals surface area contributed by atoms with E-state index in [1.165, 1.54) is 12.1 Å². The van der Waals surface area contributed by atoms with Crippen molar-refractivity contribution in [3.63, 3.8) is 0 Å². The van der Waals surface area contributed by atoms with Crippen LogP contribution >= 0.6 is 12.4 Å². The second-order valence-electron chi connectivity index (χ2n) is 3.15. The topological polar surface area (TPSA) is 46.5 Å². The molecule has 1 N–H and O–H groups in total. The number of carbonyl (C=O) groups is 1. The molecule has 1 aromatic rings. The second-order valence-corrected chi connectivity index (χ2v) is 3.15.